The molecule has 112 valence electrons. The number of nitrogens with zero attached hydrogens (tertiary/aromatic N) is 2. The highest BCUT2D eigenvalue weighted by atomic mass is 14.9. The SMILES string of the molecule is CCCc1nc(CCC)c(-c2ccccc2)c(CCC)n1. The minimum absolute atomic E-state index is 0.975. The summed E-state index contributed by atoms with van der Waals surface area (Å²) < 4.78 is 0. The molecule has 1 heterocycles. The summed E-state index contributed by atoms with van der Waals surface area (Å²) >= 11 is 0. The van der Waals surface area contributed by atoms with Crippen molar-refractivity contribution in [2.45, 2.75) is 59.3 Å². The molecular formula is C19H26N2. The van der Waals surface area contributed by atoms with Crippen LogP contribution in [0.25, 0.3) is 11.1 Å². The van der Waals surface area contributed by atoms with Crippen LogP contribution in [0.5, 0.6) is 0 Å². The zero-order valence-corrected chi connectivity index (χ0v) is 13.5. The lowest BCUT2D eigenvalue weighted by Crippen LogP contribution is -2.08. The first-order chi connectivity index (χ1) is 10.3. The van der Waals surface area contributed by atoms with Crippen LogP contribution in [0.3, 0.4) is 0 Å². The van der Waals surface area contributed by atoms with Crippen molar-refractivity contribution in [2.75, 3.05) is 0 Å². The first-order valence-corrected chi connectivity index (χ1v) is 8.24. The molecule has 0 unspecified atom stereocenters. The molecule has 0 aliphatic heterocycles. The Labute approximate surface area is 128 Å². The molecule has 0 fully saturated rings. The van der Waals surface area contributed by atoms with Gasteiger partial charge in [0.1, 0.15) is 5.82 Å². The zero-order chi connectivity index (χ0) is 15.1. The van der Waals surface area contributed by atoms with E-state index in [0.29, 0.717) is 0 Å². The topological polar surface area (TPSA) is 25.8 Å². The highest BCUT2D eigenvalue weighted by molar-refractivity contribution is 5.68. The second-order valence-electron chi connectivity index (χ2n) is 5.52. The van der Waals surface area contributed by atoms with Gasteiger partial charge in [0.05, 0.1) is 11.4 Å². The fourth-order valence-corrected chi connectivity index (χ4v) is 2.72. The van der Waals surface area contributed by atoms with E-state index < -0.39 is 0 Å². The maximum Gasteiger partial charge on any atom is 0.128 e. The Kier molecular flexibility index (Phi) is 5.91. The van der Waals surface area contributed by atoms with Crippen molar-refractivity contribution < 1.29 is 0 Å². The molecule has 0 aliphatic carbocycles. The van der Waals surface area contributed by atoms with E-state index in [9.17, 15) is 0 Å². The van der Waals surface area contributed by atoms with Gasteiger partial charge in [-0.05, 0) is 24.8 Å². The molecule has 2 rings (SSSR count). The predicted octanol–water partition coefficient (Wildman–Crippen LogP) is 5.00. The van der Waals surface area contributed by atoms with E-state index in [0.717, 1.165) is 44.3 Å². The van der Waals surface area contributed by atoms with E-state index in [2.05, 4.69) is 51.1 Å². The predicted molar refractivity (Wildman–Crippen MR) is 89.5 cm³/mol. The van der Waals surface area contributed by atoms with E-state index in [1.54, 1.807) is 0 Å². The molecule has 0 saturated carbocycles. The minimum Gasteiger partial charge on any atom is -0.237 e. The lowest BCUT2D eigenvalue weighted by atomic mass is 9.97. The molecule has 0 amide bonds. The first-order valence-electron chi connectivity index (χ1n) is 8.24. The Balaban J connectivity index is 2.57. The van der Waals surface area contributed by atoms with Crippen LogP contribution in [0.1, 0.15) is 57.2 Å². The Morgan fingerprint density at radius 3 is 1.71 bits per heavy atom. The van der Waals surface area contributed by atoms with Crippen molar-refractivity contribution in [2.24, 2.45) is 0 Å². The van der Waals surface area contributed by atoms with Gasteiger partial charge < -0.3 is 0 Å². The minimum atomic E-state index is 0.975. The molecule has 0 radical (unpaired) electrons. The smallest absolute Gasteiger partial charge is 0.128 e. The molecular weight excluding hydrogens is 256 g/mol. The normalized spacial score (nSPS) is 10.8. The van der Waals surface area contributed by atoms with Crippen LogP contribution >= 0.6 is 0 Å². The zero-order valence-electron chi connectivity index (χ0n) is 13.5. The summed E-state index contributed by atoms with van der Waals surface area (Å²) in [4.78, 5) is 9.72. The van der Waals surface area contributed by atoms with Gasteiger partial charge in [-0.25, -0.2) is 9.97 Å². The largest absolute Gasteiger partial charge is 0.237 e. The van der Waals surface area contributed by atoms with E-state index in [1.807, 2.05) is 0 Å². The van der Waals surface area contributed by atoms with E-state index in [1.165, 1.54) is 22.5 Å². The summed E-state index contributed by atoms with van der Waals surface area (Å²) in [5.74, 6) is 1.02. The Hall–Kier alpha value is -1.70. The monoisotopic (exact) mass is 282 g/mol. The number of hydrogen-bond donors (Lipinski definition) is 0. The lowest BCUT2D eigenvalue weighted by Gasteiger charge is -2.15. The van der Waals surface area contributed by atoms with Gasteiger partial charge in [-0.1, -0.05) is 63.9 Å². The molecule has 2 aromatic rings. The number of hydrogen-bond acceptors (Lipinski definition) is 2. The van der Waals surface area contributed by atoms with Crippen molar-refractivity contribution >= 4 is 0 Å². The maximum absolute atomic E-state index is 4.86. The molecule has 21 heavy (non-hydrogen) atoms. The molecule has 0 bridgehead atoms. The molecule has 1 aromatic heterocycles. The summed E-state index contributed by atoms with van der Waals surface area (Å²) in [6, 6.07) is 10.6. The van der Waals surface area contributed by atoms with Crippen LogP contribution in [0.15, 0.2) is 30.3 Å². The molecule has 0 spiro atoms. The first kappa shape index (κ1) is 15.7. The Morgan fingerprint density at radius 1 is 0.714 bits per heavy atom. The molecule has 2 heteroatoms. The van der Waals surface area contributed by atoms with Gasteiger partial charge in [0, 0.05) is 12.0 Å². The average molecular weight is 282 g/mol. The van der Waals surface area contributed by atoms with Gasteiger partial charge in [-0.15, -0.1) is 0 Å². The molecule has 0 aliphatic rings. The molecule has 0 atom stereocenters. The van der Waals surface area contributed by atoms with Gasteiger partial charge in [0.25, 0.3) is 0 Å². The van der Waals surface area contributed by atoms with E-state index in [4.69, 9.17) is 9.97 Å². The third kappa shape index (κ3) is 3.90. The summed E-state index contributed by atoms with van der Waals surface area (Å²) in [5, 5.41) is 0. The highest BCUT2D eigenvalue weighted by Crippen LogP contribution is 2.28. The van der Waals surface area contributed by atoms with Crippen LogP contribution in [-0.4, -0.2) is 9.97 Å². The van der Waals surface area contributed by atoms with Crippen molar-refractivity contribution in [3.8, 4) is 11.1 Å². The maximum atomic E-state index is 4.86. The molecule has 0 N–H and O–H groups in total. The molecule has 0 saturated heterocycles. The van der Waals surface area contributed by atoms with Crippen LogP contribution in [-0.2, 0) is 19.3 Å². The summed E-state index contributed by atoms with van der Waals surface area (Å²) in [6.45, 7) is 6.62. The van der Waals surface area contributed by atoms with Crippen molar-refractivity contribution in [1.82, 2.24) is 9.97 Å². The summed E-state index contributed by atoms with van der Waals surface area (Å²) in [6.07, 6.45) is 6.37. The van der Waals surface area contributed by atoms with Gasteiger partial charge in [0.2, 0.25) is 0 Å². The van der Waals surface area contributed by atoms with Crippen LogP contribution < -0.4 is 0 Å². The van der Waals surface area contributed by atoms with Gasteiger partial charge in [-0.2, -0.15) is 0 Å². The fraction of sp³-hybridized carbons (Fsp3) is 0.474. The Morgan fingerprint density at radius 2 is 1.24 bits per heavy atom. The number of rotatable bonds is 7. The molecule has 1 aromatic carbocycles. The summed E-state index contributed by atoms with van der Waals surface area (Å²) in [5.41, 5.74) is 4.99. The fourth-order valence-electron chi connectivity index (χ4n) is 2.72. The van der Waals surface area contributed by atoms with Crippen LogP contribution in [0, 0.1) is 0 Å². The summed E-state index contributed by atoms with van der Waals surface area (Å²) in [7, 11) is 0. The average Bonchev–Trinajstić information content (AvgIpc) is 2.49. The second-order valence-corrected chi connectivity index (χ2v) is 5.52. The number of benzene rings is 1. The highest BCUT2D eigenvalue weighted by Gasteiger charge is 2.14. The van der Waals surface area contributed by atoms with Gasteiger partial charge in [-0.3, -0.25) is 0 Å². The quantitative estimate of drug-likeness (QED) is 0.714. The van der Waals surface area contributed by atoms with Crippen molar-refractivity contribution in [3.63, 3.8) is 0 Å². The number of aryl methyl sites for hydroxylation is 3. The van der Waals surface area contributed by atoms with Crippen LogP contribution in [0.2, 0.25) is 0 Å². The molecule has 2 nitrogen and oxygen atoms in total. The van der Waals surface area contributed by atoms with E-state index in [-0.39, 0.29) is 0 Å². The number of aromatic nitrogens is 2. The van der Waals surface area contributed by atoms with Crippen molar-refractivity contribution in [1.29, 1.82) is 0 Å². The van der Waals surface area contributed by atoms with Crippen LogP contribution in [0.4, 0.5) is 0 Å². The lowest BCUT2D eigenvalue weighted by molar-refractivity contribution is 0.764. The van der Waals surface area contributed by atoms with Gasteiger partial charge in [0.15, 0.2) is 0 Å². The third-order valence-corrected chi connectivity index (χ3v) is 3.61. The Bertz CT molecular complexity index is 534. The van der Waals surface area contributed by atoms with E-state index >= 15 is 0 Å². The van der Waals surface area contributed by atoms with Crippen molar-refractivity contribution in [3.05, 3.63) is 47.5 Å². The standard InChI is InChI=1S/C19H26N2/c1-4-10-16-19(15-13-8-7-9-14-15)17(11-5-2)21-18(20-16)12-6-3/h7-9,13-14H,4-6,10-12H2,1-3H3. The third-order valence-electron chi connectivity index (χ3n) is 3.61. The van der Waals surface area contributed by atoms with Gasteiger partial charge >= 0.3 is 0 Å². The second kappa shape index (κ2) is 7.92.